The van der Waals surface area contributed by atoms with E-state index >= 15 is 0 Å². The highest BCUT2D eigenvalue weighted by atomic mass is 35.5. The van der Waals surface area contributed by atoms with Crippen molar-refractivity contribution in [3.05, 3.63) is 29.3 Å². The molecular weight excluding hydrogens is 380 g/mol. The van der Waals surface area contributed by atoms with Crippen LogP contribution in [0.1, 0.15) is 6.92 Å². The van der Waals surface area contributed by atoms with E-state index in [1.54, 1.807) is 29.2 Å². The van der Waals surface area contributed by atoms with Crippen LogP contribution in [0.3, 0.4) is 0 Å². The Labute approximate surface area is 152 Å². The topological polar surface area (TPSA) is 49.4 Å². The summed E-state index contributed by atoms with van der Waals surface area (Å²) in [6.45, 7) is 1.86. The standard InChI is InChI=1S/C10H8ClNOS2.C3H3NOS2/c1-6-9(13)12(10(14)15-6)8-4-2-7(11)3-5-8;5-2-1-7-3(6)4-2/h2-6H,1H3;1H2,(H,4,5,6). The first-order valence-corrected chi connectivity index (χ1v) is 9.21. The molecule has 1 aromatic carbocycles. The molecule has 1 unspecified atom stereocenters. The third kappa shape index (κ3) is 4.42. The minimum atomic E-state index is -0.0896. The van der Waals surface area contributed by atoms with Crippen LogP contribution >= 0.6 is 59.6 Å². The molecule has 0 saturated carbocycles. The number of nitrogens with one attached hydrogen (secondary N) is 1. The smallest absolute Gasteiger partial charge is 0.245 e. The van der Waals surface area contributed by atoms with Gasteiger partial charge in [-0.25, -0.2) is 0 Å². The van der Waals surface area contributed by atoms with E-state index in [0.29, 0.717) is 19.4 Å². The van der Waals surface area contributed by atoms with Crippen molar-refractivity contribution >= 4 is 85.7 Å². The summed E-state index contributed by atoms with van der Waals surface area (Å²) in [6.07, 6.45) is 0. The summed E-state index contributed by atoms with van der Waals surface area (Å²) in [5.41, 5.74) is 0.784. The fourth-order valence-electron chi connectivity index (χ4n) is 1.67. The molecule has 116 valence electrons. The molecule has 2 saturated heterocycles. The predicted molar refractivity (Wildman–Crippen MR) is 102 cm³/mol. The Morgan fingerprint density at radius 3 is 2.27 bits per heavy atom. The summed E-state index contributed by atoms with van der Waals surface area (Å²) in [4.78, 5) is 23.6. The molecule has 2 heterocycles. The van der Waals surface area contributed by atoms with Gasteiger partial charge in [0.1, 0.15) is 8.64 Å². The number of thiocarbonyl (C=S) groups is 2. The van der Waals surface area contributed by atoms with Crippen LogP contribution in [0.5, 0.6) is 0 Å². The van der Waals surface area contributed by atoms with E-state index in [-0.39, 0.29) is 17.1 Å². The van der Waals surface area contributed by atoms with Crippen molar-refractivity contribution in [2.24, 2.45) is 0 Å². The summed E-state index contributed by atoms with van der Waals surface area (Å²) in [7, 11) is 0. The average molecular weight is 391 g/mol. The van der Waals surface area contributed by atoms with E-state index < -0.39 is 0 Å². The average Bonchev–Trinajstić information content (AvgIpc) is 2.95. The highest BCUT2D eigenvalue weighted by Gasteiger charge is 2.34. The monoisotopic (exact) mass is 390 g/mol. The zero-order valence-corrected chi connectivity index (χ0v) is 15.4. The summed E-state index contributed by atoms with van der Waals surface area (Å²) < 4.78 is 1.21. The largest absolute Gasteiger partial charge is 0.311 e. The van der Waals surface area contributed by atoms with E-state index in [0.717, 1.165) is 5.69 Å². The minimum Gasteiger partial charge on any atom is -0.311 e. The van der Waals surface area contributed by atoms with Crippen LogP contribution in [0.2, 0.25) is 5.02 Å². The lowest BCUT2D eigenvalue weighted by Gasteiger charge is -2.14. The van der Waals surface area contributed by atoms with Crippen LogP contribution < -0.4 is 10.2 Å². The Bertz CT molecular complexity index is 621. The van der Waals surface area contributed by atoms with Gasteiger partial charge in [-0.05, 0) is 31.2 Å². The number of nitrogens with zero attached hydrogens (tertiary/aromatic N) is 1. The van der Waals surface area contributed by atoms with Crippen LogP contribution in [0.4, 0.5) is 5.69 Å². The predicted octanol–water partition coefficient (Wildman–Crippen LogP) is 3.23. The Morgan fingerprint density at radius 2 is 1.91 bits per heavy atom. The molecule has 0 spiro atoms. The van der Waals surface area contributed by atoms with Crippen molar-refractivity contribution in [2.75, 3.05) is 10.7 Å². The van der Waals surface area contributed by atoms with E-state index in [2.05, 4.69) is 17.5 Å². The van der Waals surface area contributed by atoms with Crippen molar-refractivity contribution in [1.29, 1.82) is 0 Å². The van der Waals surface area contributed by atoms with Gasteiger partial charge in [0, 0.05) is 5.02 Å². The molecule has 1 aromatic rings. The third-order valence-corrected chi connectivity index (χ3v) is 5.58. The number of amides is 2. The van der Waals surface area contributed by atoms with Gasteiger partial charge in [0.05, 0.1) is 16.7 Å². The second-order valence-electron chi connectivity index (χ2n) is 4.30. The maximum absolute atomic E-state index is 11.8. The van der Waals surface area contributed by atoms with Gasteiger partial charge in [-0.15, -0.1) is 0 Å². The summed E-state index contributed by atoms with van der Waals surface area (Å²) in [6, 6.07) is 7.09. The first-order chi connectivity index (χ1) is 10.4. The molecule has 0 bridgehead atoms. The first kappa shape index (κ1) is 17.7. The van der Waals surface area contributed by atoms with Crippen molar-refractivity contribution < 1.29 is 9.59 Å². The van der Waals surface area contributed by atoms with Crippen LogP contribution in [0, 0.1) is 0 Å². The van der Waals surface area contributed by atoms with E-state index in [1.807, 2.05) is 6.92 Å². The molecule has 3 rings (SSSR count). The lowest BCUT2D eigenvalue weighted by atomic mass is 10.3. The highest BCUT2D eigenvalue weighted by molar-refractivity contribution is 8.25. The molecule has 2 aliphatic heterocycles. The van der Waals surface area contributed by atoms with Gasteiger partial charge in [-0.3, -0.25) is 14.5 Å². The maximum atomic E-state index is 11.8. The summed E-state index contributed by atoms with van der Waals surface area (Å²) >= 11 is 18.3. The number of halogens is 1. The summed E-state index contributed by atoms with van der Waals surface area (Å²) in [5.74, 6) is 0.557. The van der Waals surface area contributed by atoms with Gasteiger partial charge < -0.3 is 5.32 Å². The number of thioether (sulfide) groups is 2. The molecule has 2 amide bonds. The molecule has 4 nitrogen and oxygen atoms in total. The van der Waals surface area contributed by atoms with Gasteiger partial charge in [0.2, 0.25) is 11.8 Å². The Balaban J connectivity index is 0.000000211. The fourth-order valence-corrected chi connectivity index (χ4v) is 4.04. The molecule has 2 fully saturated rings. The highest BCUT2D eigenvalue weighted by Crippen LogP contribution is 2.32. The third-order valence-electron chi connectivity index (χ3n) is 2.69. The normalized spacial score (nSPS) is 20.8. The molecule has 0 radical (unpaired) electrons. The van der Waals surface area contributed by atoms with E-state index in [1.165, 1.54) is 23.5 Å². The first-order valence-electron chi connectivity index (χ1n) is 6.15. The van der Waals surface area contributed by atoms with Crippen molar-refractivity contribution in [3.63, 3.8) is 0 Å². The van der Waals surface area contributed by atoms with Gasteiger partial charge in [-0.2, -0.15) is 0 Å². The number of hydrogen-bond acceptors (Lipinski definition) is 6. The molecule has 1 atom stereocenters. The Hall–Kier alpha value is -0.670. The fraction of sp³-hybridized carbons (Fsp3) is 0.231. The van der Waals surface area contributed by atoms with Crippen LogP contribution in [0.15, 0.2) is 24.3 Å². The second kappa shape index (κ2) is 7.74. The number of carbonyl (C=O) groups is 2. The van der Waals surface area contributed by atoms with Crippen molar-refractivity contribution in [3.8, 4) is 0 Å². The number of carbonyl (C=O) groups excluding carboxylic acids is 2. The SMILES string of the molecule is CC1SC(=S)N(c2ccc(Cl)cc2)C1=O.O=C1CSC(=S)N1. The van der Waals surface area contributed by atoms with Crippen molar-refractivity contribution in [2.45, 2.75) is 12.2 Å². The van der Waals surface area contributed by atoms with E-state index in [9.17, 15) is 9.59 Å². The quantitative estimate of drug-likeness (QED) is 0.743. The van der Waals surface area contributed by atoms with Gasteiger partial charge in [-0.1, -0.05) is 59.6 Å². The summed E-state index contributed by atoms with van der Waals surface area (Å²) in [5, 5.41) is 3.03. The molecular formula is C13H11ClN2O2S4. The van der Waals surface area contributed by atoms with Crippen LogP contribution in [-0.4, -0.2) is 31.5 Å². The minimum absolute atomic E-state index is 0.0231. The molecule has 0 aliphatic carbocycles. The molecule has 2 aliphatic rings. The zero-order chi connectivity index (χ0) is 16.3. The van der Waals surface area contributed by atoms with Crippen LogP contribution in [0.25, 0.3) is 0 Å². The second-order valence-corrected chi connectivity index (χ2v) is 8.36. The number of hydrogen-bond donors (Lipinski definition) is 1. The van der Waals surface area contributed by atoms with E-state index in [4.69, 9.17) is 23.8 Å². The number of rotatable bonds is 1. The molecule has 1 N–H and O–H groups in total. The molecule has 22 heavy (non-hydrogen) atoms. The maximum Gasteiger partial charge on any atom is 0.245 e. The lowest BCUT2D eigenvalue weighted by Crippen LogP contribution is -2.30. The Morgan fingerprint density at radius 1 is 1.27 bits per heavy atom. The molecule has 9 heteroatoms. The number of benzene rings is 1. The lowest BCUT2D eigenvalue weighted by molar-refractivity contribution is -0.117. The van der Waals surface area contributed by atoms with Crippen LogP contribution in [-0.2, 0) is 9.59 Å². The zero-order valence-electron chi connectivity index (χ0n) is 11.4. The molecule has 0 aromatic heterocycles. The van der Waals surface area contributed by atoms with Gasteiger partial charge in [0.15, 0.2) is 0 Å². The van der Waals surface area contributed by atoms with Gasteiger partial charge in [0.25, 0.3) is 0 Å². The Kier molecular flexibility index (Phi) is 6.22. The number of anilines is 1. The van der Waals surface area contributed by atoms with Gasteiger partial charge >= 0.3 is 0 Å². The van der Waals surface area contributed by atoms with Crippen molar-refractivity contribution in [1.82, 2.24) is 5.32 Å².